The molecule has 0 bridgehead atoms. The highest BCUT2D eigenvalue weighted by Crippen LogP contribution is 2.24. The van der Waals surface area contributed by atoms with Gasteiger partial charge in [0.15, 0.2) is 11.3 Å². The van der Waals surface area contributed by atoms with E-state index < -0.39 is 23.5 Å². The van der Waals surface area contributed by atoms with Crippen molar-refractivity contribution in [3.63, 3.8) is 0 Å². The van der Waals surface area contributed by atoms with Gasteiger partial charge in [0.25, 0.3) is 5.91 Å². The highest BCUT2D eigenvalue weighted by molar-refractivity contribution is 5.99. The molecule has 1 amide bonds. The summed E-state index contributed by atoms with van der Waals surface area (Å²) < 4.78 is 10.2. The van der Waals surface area contributed by atoms with E-state index in [9.17, 15) is 14.4 Å². The van der Waals surface area contributed by atoms with E-state index in [1.165, 1.54) is 13.2 Å². The predicted molar refractivity (Wildman–Crippen MR) is 82.8 cm³/mol. The topological polar surface area (TPSA) is 106 Å². The van der Waals surface area contributed by atoms with Crippen LogP contribution in [-0.4, -0.2) is 30.1 Å². The molecule has 7 nitrogen and oxygen atoms in total. The van der Waals surface area contributed by atoms with Crippen LogP contribution in [0.2, 0.25) is 0 Å². The molecule has 23 heavy (non-hydrogen) atoms. The van der Waals surface area contributed by atoms with Gasteiger partial charge in [-0.15, -0.1) is 0 Å². The number of aliphatic carboxylic acids is 1. The Morgan fingerprint density at radius 3 is 2.57 bits per heavy atom. The van der Waals surface area contributed by atoms with E-state index in [-0.39, 0.29) is 17.1 Å². The number of carboxylic acids is 1. The van der Waals surface area contributed by atoms with Gasteiger partial charge in [-0.1, -0.05) is 26.0 Å². The molecule has 1 heterocycles. The van der Waals surface area contributed by atoms with Gasteiger partial charge in [-0.3, -0.25) is 4.79 Å². The third-order valence-electron chi connectivity index (χ3n) is 3.41. The maximum Gasteiger partial charge on any atom is 0.349 e. The summed E-state index contributed by atoms with van der Waals surface area (Å²) in [6.07, 6.45) is 0. The fourth-order valence-corrected chi connectivity index (χ4v) is 2.17. The summed E-state index contributed by atoms with van der Waals surface area (Å²) >= 11 is 0. The Labute approximate surface area is 131 Å². The predicted octanol–water partition coefficient (Wildman–Crippen LogP) is 1.64. The van der Waals surface area contributed by atoms with Crippen molar-refractivity contribution in [2.75, 3.05) is 7.11 Å². The number of nitrogens with one attached hydrogen (secondary N) is 1. The lowest BCUT2D eigenvalue weighted by Gasteiger charge is -2.17. The van der Waals surface area contributed by atoms with Gasteiger partial charge in [0.05, 0.1) is 7.11 Å². The number of carbonyl (C=O) groups is 2. The Morgan fingerprint density at radius 1 is 1.30 bits per heavy atom. The highest BCUT2D eigenvalue weighted by Gasteiger charge is 2.25. The summed E-state index contributed by atoms with van der Waals surface area (Å²) in [4.78, 5) is 35.4. The third kappa shape index (κ3) is 3.33. The highest BCUT2D eigenvalue weighted by atomic mass is 16.5. The number of carboxylic acid groups (broad SMARTS) is 1. The molecule has 2 aromatic rings. The fraction of sp³-hybridized carbons (Fsp3) is 0.312. The van der Waals surface area contributed by atoms with Crippen molar-refractivity contribution in [2.24, 2.45) is 5.92 Å². The first-order chi connectivity index (χ1) is 10.8. The van der Waals surface area contributed by atoms with Crippen LogP contribution in [0, 0.1) is 5.92 Å². The van der Waals surface area contributed by atoms with Crippen LogP contribution in [0.5, 0.6) is 5.75 Å². The van der Waals surface area contributed by atoms with E-state index in [4.69, 9.17) is 14.3 Å². The van der Waals surface area contributed by atoms with Gasteiger partial charge < -0.3 is 19.6 Å². The zero-order valence-electron chi connectivity index (χ0n) is 13.0. The van der Waals surface area contributed by atoms with E-state index in [0.29, 0.717) is 11.1 Å². The summed E-state index contributed by atoms with van der Waals surface area (Å²) in [6, 6.07) is 5.25. The molecule has 2 N–H and O–H groups in total. The van der Waals surface area contributed by atoms with Crippen molar-refractivity contribution in [2.45, 2.75) is 19.9 Å². The van der Waals surface area contributed by atoms with Crippen LogP contribution in [0.25, 0.3) is 11.0 Å². The standard InChI is InChI=1S/C16H17NO6/c1-8(2)12(15(19)20)17-14(18)10-7-9-5-4-6-11(22-3)13(9)23-16(10)21/h4-8,12H,1-3H3,(H,17,18)(H,19,20). The van der Waals surface area contributed by atoms with Gasteiger partial charge >= 0.3 is 11.6 Å². The lowest BCUT2D eigenvalue weighted by molar-refractivity contribution is -0.140. The van der Waals surface area contributed by atoms with E-state index in [1.54, 1.807) is 32.0 Å². The molecule has 0 aliphatic carbocycles. The molecule has 1 aromatic carbocycles. The second-order valence-electron chi connectivity index (χ2n) is 5.36. The van der Waals surface area contributed by atoms with Gasteiger partial charge in [0, 0.05) is 5.39 Å². The Kier molecular flexibility index (Phi) is 4.68. The minimum Gasteiger partial charge on any atom is -0.493 e. The molecule has 2 rings (SSSR count). The van der Waals surface area contributed by atoms with Gasteiger partial charge in [0.2, 0.25) is 0 Å². The lowest BCUT2D eigenvalue weighted by atomic mass is 10.0. The quantitative estimate of drug-likeness (QED) is 0.812. The summed E-state index contributed by atoms with van der Waals surface area (Å²) in [6.45, 7) is 3.32. The molecule has 0 spiro atoms. The molecule has 122 valence electrons. The number of hydrogen-bond acceptors (Lipinski definition) is 5. The number of fused-ring (bicyclic) bond motifs is 1. The molecule has 0 saturated heterocycles. The van der Waals surface area contributed by atoms with Gasteiger partial charge in [-0.05, 0) is 18.1 Å². The number of carbonyl (C=O) groups excluding carboxylic acids is 1. The van der Waals surface area contributed by atoms with Crippen LogP contribution in [0.15, 0.2) is 33.5 Å². The number of para-hydroxylation sites is 1. The van der Waals surface area contributed by atoms with E-state index in [1.807, 2.05) is 0 Å². The van der Waals surface area contributed by atoms with Gasteiger partial charge in [0.1, 0.15) is 11.6 Å². The Morgan fingerprint density at radius 2 is 2.00 bits per heavy atom. The number of amides is 1. The average Bonchev–Trinajstić information content (AvgIpc) is 2.50. The van der Waals surface area contributed by atoms with Crippen LogP contribution < -0.4 is 15.7 Å². The summed E-state index contributed by atoms with van der Waals surface area (Å²) in [7, 11) is 1.44. The van der Waals surface area contributed by atoms with Crippen molar-refractivity contribution in [3.05, 3.63) is 40.2 Å². The smallest absolute Gasteiger partial charge is 0.349 e. The van der Waals surface area contributed by atoms with Crippen molar-refractivity contribution >= 4 is 22.8 Å². The Hall–Kier alpha value is -2.83. The number of ether oxygens (including phenoxy) is 1. The second-order valence-corrected chi connectivity index (χ2v) is 5.36. The molecule has 0 fully saturated rings. The number of benzene rings is 1. The second kappa shape index (κ2) is 6.51. The van der Waals surface area contributed by atoms with Crippen LogP contribution in [0.4, 0.5) is 0 Å². The molecule has 0 radical (unpaired) electrons. The number of methoxy groups -OCH3 is 1. The van der Waals surface area contributed by atoms with Crippen molar-refractivity contribution in [1.29, 1.82) is 0 Å². The van der Waals surface area contributed by atoms with E-state index >= 15 is 0 Å². The maximum absolute atomic E-state index is 12.2. The molecule has 1 atom stereocenters. The minimum absolute atomic E-state index is 0.232. The maximum atomic E-state index is 12.2. The molecule has 0 aliphatic rings. The monoisotopic (exact) mass is 319 g/mol. The zero-order valence-corrected chi connectivity index (χ0v) is 13.0. The lowest BCUT2D eigenvalue weighted by Crippen LogP contribution is -2.45. The summed E-state index contributed by atoms with van der Waals surface area (Å²) in [5.41, 5.74) is -0.875. The zero-order chi connectivity index (χ0) is 17.1. The van der Waals surface area contributed by atoms with Crippen molar-refractivity contribution < 1.29 is 23.8 Å². The van der Waals surface area contributed by atoms with Crippen LogP contribution in [0.3, 0.4) is 0 Å². The molecular weight excluding hydrogens is 302 g/mol. The van der Waals surface area contributed by atoms with Gasteiger partial charge in [-0.25, -0.2) is 9.59 Å². The van der Waals surface area contributed by atoms with E-state index in [0.717, 1.165) is 0 Å². The molecular formula is C16H17NO6. The minimum atomic E-state index is -1.17. The molecule has 0 saturated carbocycles. The molecule has 1 aromatic heterocycles. The summed E-state index contributed by atoms with van der Waals surface area (Å²) in [5.74, 6) is -1.91. The van der Waals surface area contributed by atoms with Crippen LogP contribution in [0.1, 0.15) is 24.2 Å². The van der Waals surface area contributed by atoms with E-state index in [2.05, 4.69) is 5.32 Å². The van der Waals surface area contributed by atoms with Crippen molar-refractivity contribution in [3.8, 4) is 5.75 Å². The summed E-state index contributed by atoms with van der Waals surface area (Å²) in [5, 5.41) is 12.0. The van der Waals surface area contributed by atoms with Crippen LogP contribution in [-0.2, 0) is 4.79 Å². The average molecular weight is 319 g/mol. The Balaban J connectivity index is 2.44. The molecule has 1 unspecified atom stereocenters. The Bertz CT molecular complexity index is 808. The molecule has 0 aliphatic heterocycles. The number of rotatable bonds is 5. The van der Waals surface area contributed by atoms with Crippen molar-refractivity contribution in [1.82, 2.24) is 5.32 Å². The number of hydrogen-bond donors (Lipinski definition) is 2. The van der Waals surface area contributed by atoms with Crippen LogP contribution >= 0.6 is 0 Å². The SMILES string of the molecule is COc1cccc2cc(C(=O)NC(C(=O)O)C(C)C)c(=O)oc12. The first kappa shape index (κ1) is 16.5. The van der Waals surface area contributed by atoms with Gasteiger partial charge in [-0.2, -0.15) is 0 Å². The first-order valence-electron chi connectivity index (χ1n) is 6.99. The third-order valence-corrected chi connectivity index (χ3v) is 3.41. The normalized spacial score (nSPS) is 12.2. The fourth-order valence-electron chi connectivity index (χ4n) is 2.17. The molecule has 7 heteroatoms. The largest absolute Gasteiger partial charge is 0.493 e. The first-order valence-corrected chi connectivity index (χ1v) is 6.99.